The summed E-state index contributed by atoms with van der Waals surface area (Å²) in [5.41, 5.74) is 3.83. The minimum atomic E-state index is -0.346. The molecule has 5 rings (SSSR count). The van der Waals surface area contributed by atoms with Crippen molar-refractivity contribution in [3.63, 3.8) is 0 Å². The Balaban J connectivity index is 1.19. The van der Waals surface area contributed by atoms with Crippen molar-refractivity contribution in [2.45, 2.75) is 21.1 Å². The number of fused-ring (bicyclic) bond motifs is 2. The third kappa shape index (κ3) is 4.89. The van der Waals surface area contributed by atoms with Crippen LogP contribution in [-0.2, 0) is 0 Å². The van der Waals surface area contributed by atoms with E-state index in [0.29, 0.717) is 0 Å². The number of nitrogens with zero attached hydrogens (tertiary/aromatic N) is 4. The zero-order valence-electron chi connectivity index (χ0n) is 19.2. The van der Waals surface area contributed by atoms with Gasteiger partial charge in [0, 0.05) is 65.2 Å². The number of benzene rings is 3. The van der Waals surface area contributed by atoms with E-state index in [1.54, 1.807) is 23.9 Å². The van der Waals surface area contributed by atoms with Crippen LogP contribution in [0.2, 0.25) is 0 Å². The third-order valence-electron chi connectivity index (χ3n) is 6.49. The number of thioether (sulfide) groups is 1. The van der Waals surface area contributed by atoms with Gasteiger partial charge in [-0.05, 0) is 61.7 Å². The molecule has 0 atom stereocenters. The number of hydrogen-bond donors (Lipinski definition) is 0. The number of rotatable bonds is 7. The molecule has 0 unspecified atom stereocenters. The van der Waals surface area contributed by atoms with Crippen LogP contribution in [0.25, 0.3) is 0 Å². The highest BCUT2D eigenvalue weighted by molar-refractivity contribution is 8.00. The highest BCUT2D eigenvalue weighted by atomic mass is 32.2. The topological polar surface area (TPSA) is 52.9 Å². The molecule has 0 aromatic heterocycles. The lowest BCUT2D eigenvalue weighted by atomic mass is 10.2. The standard InChI is InChI=1S/C26H28N4O2S2/c1-33-22-11-12-26-24(19-22)29(23-5-2-3-6-25(23)34-26)14-4-13-27-15-17-28(18-16-27)20-7-9-21(10-8-20)30(31)32/h2-3,5-12,19H,4,13-18H2,1H3. The maximum absolute atomic E-state index is 10.9. The molecule has 0 amide bonds. The van der Waals surface area contributed by atoms with E-state index in [2.05, 4.69) is 63.4 Å². The lowest BCUT2D eigenvalue weighted by Gasteiger charge is -2.37. The van der Waals surface area contributed by atoms with Gasteiger partial charge in [0.25, 0.3) is 5.69 Å². The molecule has 6 nitrogen and oxygen atoms in total. The molecular weight excluding hydrogens is 464 g/mol. The van der Waals surface area contributed by atoms with Gasteiger partial charge in [-0.25, -0.2) is 0 Å². The molecule has 176 valence electrons. The van der Waals surface area contributed by atoms with Gasteiger partial charge in [0.2, 0.25) is 0 Å². The van der Waals surface area contributed by atoms with E-state index >= 15 is 0 Å². The van der Waals surface area contributed by atoms with E-state index in [0.717, 1.165) is 51.4 Å². The van der Waals surface area contributed by atoms with Gasteiger partial charge in [0.05, 0.1) is 16.3 Å². The Kier molecular flexibility index (Phi) is 6.99. The van der Waals surface area contributed by atoms with Crippen LogP contribution in [-0.4, -0.2) is 55.3 Å². The van der Waals surface area contributed by atoms with Gasteiger partial charge in [0.1, 0.15) is 0 Å². The Hall–Kier alpha value is -2.68. The Bertz CT molecular complexity index is 1160. The fraction of sp³-hybridized carbons (Fsp3) is 0.308. The zero-order chi connectivity index (χ0) is 23.5. The third-order valence-corrected chi connectivity index (χ3v) is 8.34. The molecule has 3 aromatic rings. The van der Waals surface area contributed by atoms with Gasteiger partial charge >= 0.3 is 0 Å². The largest absolute Gasteiger partial charge is 0.369 e. The average Bonchev–Trinajstić information content (AvgIpc) is 2.88. The Morgan fingerprint density at radius 1 is 0.912 bits per heavy atom. The summed E-state index contributed by atoms with van der Waals surface area (Å²) in [6, 6.07) is 22.4. The summed E-state index contributed by atoms with van der Waals surface area (Å²) < 4.78 is 0. The zero-order valence-corrected chi connectivity index (χ0v) is 20.9. The van der Waals surface area contributed by atoms with Crippen LogP contribution in [0.3, 0.4) is 0 Å². The summed E-state index contributed by atoms with van der Waals surface area (Å²) in [7, 11) is 0. The molecule has 0 bridgehead atoms. The number of nitro groups is 1. The van der Waals surface area contributed by atoms with Gasteiger partial charge in [0.15, 0.2) is 0 Å². The first-order valence-corrected chi connectivity index (χ1v) is 13.6. The Morgan fingerprint density at radius 3 is 2.38 bits per heavy atom. The van der Waals surface area contributed by atoms with Crippen LogP contribution in [0.4, 0.5) is 22.7 Å². The molecule has 0 radical (unpaired) electrons. The molecule has 0 aliphatic carbocycles. The number of hydrogen-bond acceptors (Lipinski definition) is 7. The van der Waals surface area contributed by atoms with Crippen molar-refractivity contribution in [1.29, 1.82) is 0 Å². The normalized spacial score (nSPS) is 15.7. The second-order valence-electron chi connectivity index (χ2n) is 8.51. The number of anilines is 3. The van der Waals surface area contributed by atoms with Crippen molar-refractivity contribution >= 4 is 46.3 Å². The molecule has 1 saturated heterocycles. The van der Waals surface area contributed by atoms with Crippen molar-refractivity contribution in [3.05, 3.63) is 76.8 Å². The smallest absolute Gasteiger partial charge is 0.269 e. The van der Waals surface area contributed by atoms with E-state index in [1.807, 2.05) is 23.9 Å². The lowest BCUT2D eigenvalue weighted by molar-refractivity contribution is -0.384. The Morgan fingerprint density at radius 2 is 1.65 bits per heavy atom. The molecule has 8 heteroatoms. The quantitative estimate of drug-likeness (QED) is 0.223. The van der Waals surface area contributed by atoms with Crippen molar-refractivity contribution in [1.82, 2.24) is 4.90 Å². The van der Waals surface area contributed by atoms with Gasteiger partial charge in [-0.2, -0.15) is 0 Å². The molecule has 2 heterocycles. The van der Waals surface area contributed by atoms with E-state index in [-0.39, 0.29) is 10.6 Å². The number of nitro benzene ring substituents is 1. The molecule has 1 fully saturated rings. The van der Waals surface area contributed by atoms with Crippen molar-refractivity contribution in [2.75, 3.05) is 55.3 Å². The van der Waals surface area contributed by atoms with E-state index in [9.17, 15) is 10.1 Å². The monoisotopic (exact) mass is 492 g/mol. The maximum Gasteiger partial charge on any atom is 0.269 e. The van der Waals surface area contributed by atoms with E-state index < -0.39 is 0 Å². The number of non-ortho nitro benzene ring substituents is 1. The molecule has 0 saturated carbocycles. The summed E-state index contributed by atoms with van der Waals surface area (Å²) >= 11 is 3.65. The molecule has 3 aromatic carbocycles. The summed E-state index contributed by atoms with van der Waals surface area (Å²) in [4.78, 5) is 21.8. The fourth-order valence-corrected chi connectivity index (χ4v) is 6.15. The summed E-state index contributed by atoms with van der Waals surface area (Å²) in [6.07, 6.45) is 3.23. The molecule has 34 heavy (non-hydrogen) atoms. The first-order valence-electron chi connectivity index (χ1n) is 11.6. The van der Waals surface area contributed by atoms with Crippen LogP contribution in [0.5, 0.6) is 0 Å². The molecule has 2 aliphatic heterocycles. The van der Waals surface area contributed by atoms with Crippen LogP contribution in [0, 0.1) is 10.1 Å². The van der Waals surface area contributed by atoms with Crippen LogP contribution in [0.15, 0.2) is 81.4 Å². The predicted octanol–water partition coefficient (Wildman–Crippen LogP) is 6.13. The minimum absolute atomic E-state index is 0.145. The van der Waals surface area contributed by atoms with Gasteiger partial charge in [-0.3, -0.25) is 15.0 Å². The first-order chi connectivity index (χ1) is 16.6. The van der Waals surface area contributed by atoms with Crippen molar-refractivity contribution in [2.24, 2.45) is 0 Å². The predicted molar refractivity (Wildman–Crippen MR) is 142 cm³/mol. The van der Waals surface area contributed by atoms with Gasteiger partial charge < -0.3 is 9.80 Å². The van der Waals surface area contributed by atoms with Crippen LogP contribution >= 0.6 is 23.5 Å². The molecule has 2 aliphatic rings. The molecule has 0 spiro atoms. The van der Waals surface area contributed by atoms with Crippen LogP contribution in [0.1, 0.15) is 6.42 Å². The van der Waals surface area contributed by atoms with E-state index in [4.69, 9.17) is 0 Å². The van der Waals surface area contributed by atoms with Gasteiger partial charge in [-0.1, -0.05) is 23.9 Å². The van der Waals surface area contributed by atoms with Crippen LogP contribution < -0.4 is 9.80 Å². The fourth-order valence-electron chi connectivity index (χ4n) is 4.64. The maximum atomic E-state index is 10.9. The highest BCUT2D eigenvalue weighted by Gasteiger charge is 2.24. The molecular formula is C26H28N4O2S2. The minimum Gasteiger partial charge on any atom is -0.369 e. The number of para-hydroxylation sites is 1. The van der Waals surface area contributed by atoms with Crippen molar-refractivity contribution in [3.8, 4) is 0 Å². The summed E-state index contributed by atoms with van der Waals surface area (Å²) in [5, 5.41) is 10.9. The van der Waals surface area contributed by atoms with Gasteiger partial charge in [-0.15, -0.1) is 11.8 Å². The van der Waals surface area contributed by atoms with Crippen molar-refractivity contribution < 1.29 is 4.92 Å². The summed E-state index contributed by atoms with van der Waals surface area (Å²) in [6.45, 7) is 5.97. The van der Waals surface area contributed by atoms with E-state index in [1.165, 1.54) is 26.1 Å². The second-order valence-corrected chi connectivity index (χ2v) is 10.5. The molecule has 0 N–H and O–H groups in total. The average molecular weight is 493 g/mol. The number of piperazine rings is 1. The summed E-state index contributed by atoms with van der Waals surface area (Å²) in [5.74, 6) is 0. The Labute approximate surface area is 209 Å². The SMILES string of the molecule is CSc1ccc2c(c1)N(CCCN1CCN(c3ccc([N+](=O)[O-])cc3)CC1)c1ccccc1S2. The second kappa shape index (κ2) is 10.3. The highest BCUT2D eigenvalue weighted by Crippen LogP contribution is 2.48. The first kappa shape index (κ1) is 23.1. The lowest BCUT2D eigenvalue weighted by Crippen LogP contribution is -2.47.